The zero-order valence-electron chi connectivity index (χ0n) is 12.7. The second-order valence-electron chi connectivity index (χ2n) is 5.81. The third-order valence-electron chi connectivity index (χ3n) is 3.76. The van der Waals surface area contributed by atoms with E-state index in [-0.39, 0.29) is 18.1 Å². The number of carbonyl (C=O) groups is 1. The lowest BCUT2D eigenvalue weighted by Crippen LogP contribution is -2.35. The molecule has 0 radical (unpaired) electrons. The standard InChI is InChI=1S/C16H24N2O3/c1-3-8-21-14-9-12(2)4-5-13(14)18-15(20)17-10-16(11-19)6-7-16/h4-5,9,19H,3,6-8,10-11H2,1-2H3,(H2,17,18,20). The van der Waals surface area contributed by atoms with E-state index in [2.05, 4.69) is 10.6 Å². The summed E-state index contributed by atoms with van der Waals surface area (Å²) in [7, 11) is 0. The van der Waals surface area contributed by atoms with Crippen molar-refractivity contribution in [3.05, 3.63) is 23.8 Å². The van der Waals surface area contributed by atoms with Gasteiger partial charge in [-0.15, -0.1) is 0 Å². The van der Waals surface area contributed by atoms with Crippen LogP contribution < -0.4 is 15.4 Å². The van der Waals surface area contributed by atoms with E-state index < -0.39 is 0 Å². The quantitative estimate of drug-likeness (QED) is 0.723. The van der Waals surface area contributed by atoms with Crippen molar-refractivity contribution in [3.8, 4) is 5.75 Å². The zero-order valence-corrected chi connectivity index (χ0v) is 12.7. The van der Waals surface area contributed by atoms with Crippen molar-refractivity contribution in [2.45, 2.75) is 33.1 Å². The number of hydrogen-bond donors (Lipinski definition) is 3. The van der Waals surface area contributed by atoms with Gasteiger partial charge in [-0.2, -0.15) is 0 Å². The van der Waals surface area contributed by atoms with Crippen molar-refractivity contribution in [1.29, 1.82) is 0 Å². The predicted octanol–water partition coefficient (Wildman–Crippen LogP) is 2.68. The number of aliphatic hydroxyl groups excluding tert-OH is 1. The van der Waals surface area contributed by atoms with Crippen LogP contribution >= 0.6 is 0 Å². The molecule has 1 fully saturated rings. The molecule has 21 heavy (non-hydrogen) atoms. The highest BCUT2D eigenvalue weighted by Crippen LogP contribution is 2.44. The number of aryl methyl sites for hydroxylation is 1. The zero-order chi connectivity index (χ0) is 15.3. The van der Waals surface area contributed by atoms with Crippen LogP contribution in [0.5, 0.6) is 5.75 Å². The van der Waals surface area contributed by atoms with E-state index in [0.717, 1.165) is 24.8 Å². The predicted molar refractivity (Wildman–Crippen MR) is 82.7 cm³/mol. The molecule has 1 aromatic carbocycles. The molecule has 1 saturated carbocycles. The highest BCUT2D eigenvalue weighted by Gasteiger charge is 2.42. The summed E-state index contributed by atoms with van der Waals surface area (Å²) in [5.41, 5.74) is 1.66. The number of anilines is 1. The van der Waals surface area contributed by atoms with Gasteiger partial charge >= 0.3 is 6.03 Å². The first kappa shape index (κ1) is 15.6. The molecule has 1 aliphatic rings. The second kappa shape index (κ2) is 6.80. The summed E-state index contributed by atoms with van der Waals surface area (Å²) in [4.78, 5) is 12.0. The van der Waals surface area contributed by atoms with Gasteiger partial charge in [-0.05, 0) is 43.9 Å². The Morgan fingerprint density at radius 2 is 2.19 bits per heavy atom. The number of ether oxygens (including phenoxy) is 1. The Balaban J connectivity index is 1.93. The SMILES string of the molecule is CCCOc1cc(C)ccc1NC(=O)NCC1(CO)CC1. The van der Waals surface area contributed by atoms with Crippen LogP contribution in [-0.2, 0) is 0 Å². The molecule has 0 bridgehead atoms. The molecule has 2 amide bonds. The maximum absolute atomic E-state index is 12.0. The van der Waals surface area contributed by atoms with Gasteiger partial charge in [0, 0.05) is 12.0 Å². The van der Waals surface area contributed by atoms with E-state index in [1.54, 1.807) is 0 Å². The highest BCUT2D eigenvalue weighted by molar-refractivity contribution is 5.91. The molecule has 1 aliphatic carbocycles. The summed E-state index contributed by atoms with van der Waals surface area (Å²) in [6.07, 6.45) is 2.86. The van der Waals surface area contributed by atoms with Crippen molar-refractivity contribution >= 4 is 11.7 Å². The van der Waals surface area contributed by atoms with E-state index >= 15 is 0 Å². The van der Waals surface area contributed by atoms with Crippen molar-refractivity contribution in [1.82, 2.24) is 5.32 Å². The van der Waals surface area contributed by atoms with Gasteiger partial charge in [-0.25, -0.2) is 4.79 Å². The summed E-state index contributed by atoms with van der Waals surface area (Å²) in [5.74, 6) is 0.690. The Kier molecular flexibility index (Phi) is 5.07. The van der Waals surface area contributed by atoms with Gasteiger partial charge in [0.05, 0.1) is 18.9 Å². The van der Waals surface area contributed by atoms with Crippen LogP contribution in [0.3, 0.4) is 0 Å². The van der Waals surface area contributed by atoms with Gasteiger partial charge in [0.1, 0.15) is 5.75 Å². The third-order valence-corrected chi connectivity index (χ3v) is 3.76. The molecule has 0 unspecified atom stereocenters. The molecule has 5 heteroatoms. The molecule has 0 spiro atoms. The summed E-state index contributed by atoms with van der Waals surface area (Å²) in [5, 5.41) is 14.9. The number of carbonyl (C=O) groups excluding carboxylic acids is 1. The lowest BCUT2D eigenvalue weighted by atomic mass is 10.1. The lowest BCUT2D eigenvalue weighted by molar-refractivity contribution is 0.206. The molecule has 2 rings (SSSR count). The smallest absolute Gasteiger partial charge is 0.319 e. The Morgan fingerprint density at radius 3 is 2.81 bits per heavy atom. The fourth-order valence-corrected chi connectivity index (χ4v) is 2.07. The first-order valence-corrected chi connectivity index (χ1v) is 7.48. The maximum atomic E-state index is 12.0. The number of amides is 2. The molecule has 0 aromatic heterocycles. The van der Waals surface area contributed by atoms with Gasteiger partial charge in [-0.3, -0.25) is 0 Å². The summed E-state index contributed by atoms with van der Waals surface area (Å²) in [6, 6.07) is 5.44. The normalized spacial score (nSPS) is 15.4. The monoisotopic (exact) mass is 292 g/mol. The topological polar surface area (TPSA) is 70.6 Å². The minimum atomic E-state index is -0.264. The van der Waals surface area contributed by atoms with Crippen LogP contribution in [0.25, 0.3) is 0 Å². The molecule has 0 atom stereocenters. The van der Waals surface area contributed by atoms with E-state index in [4.69, 9.17) is 4.74 Å². The molecule has 3 N–H and O–H groups in total. The van der Waals surface area contributed by atoms with Crippen LogP contribution in [0.15, 0.2) is 18.2 Å². The molecule has 5 nitrogen and oxygen atoms in total. The Morgan fingerprint density at radius 1 is 1.43 bits per heavy atom. The number of hydrogen-bond acceptors (Lipinski definition) is 3. The lowest BCUT2D eigenvalue weighted by Gasteiger charge is -2.16. The maximum Gasteiger partial charge on any atom is 0.319 e. The largest absolute Gasteiger partial charge is 0.491 e. The highest BCUT2D eigenvalue weighted by atomic mass is 16.5. The minimum Gasteiger partial charge on any atom is -0.491 e. The number of nitrogens with one attached hydrogen (secondary N) is 2. The van der Waals surface area contributed by atoms with Gasteiger partial charge in [0.2, 0.25) is 0 Å². The first-order valence-electron chi connectivity index (χ1n) is 7.48. The van der Waals surface area contributed by atoms with Gasteiger partial charge < -0.3 is 20.5 Å². The molecule has 116 valence electrons. The van der Waals surface area contributed by atoms with E-state index in [1.165, 1.54) is 0 Å². The fraction of sp³-hybridized carbons (Fsp3) is 0.562. The number of aliphatic hydroxyl groups is 1. The van der Waals surface area contributed by atoms with Crippen LogP contribution in [-0.4, -0.2) is 30.9 Å². The van der Waals surface area contributed by atoms with Crippen LogP contribution in [0.4, 0.5) is 10.5 Å². The number of benzene rings is 1. The van der Waals surface area contributed by atoms with Gasteiger partial charge in [0.15, 0.2) is 0 Å². The molecule has 1 aromatic rings. The van der Waals surface area contributed by atoms with Gasteiger partial charge in [0.25, 0.3) is 0 Å². The van der Waals surface area contributed by atoms with Crippen molar-refractivity contribution in [3.63, 3.8) is 0 Å². The summed E-state index contributed by atoms with van der Waals surface area (Å²) < 4.78 is 5.66. The average Bonchev–Trinajstić information content (AvgIpc) is 3.26. The summed E-state index contributed by atoms with van der Waals surface area (Å²) in [6.45, 7) is 5.28. The van der Waals surface area contributed by atoms with E-state index in [1.807, 2.05) is 32.0 Å². The summed E-state index contributed by atoms with van der Waals surface area (Å²) >= 11 is 0. The number of rotatable bonds is 7. The van der Waals surface area contributed by atoms with Crippen molar-refractivity contribution in [2.24, 2.45) is 5.41 Å². The van der Waals surface area contributed by atoms with Gasteiger partial charge in [-0.1, -0.05) is 13.0 Å². The van der Waals surface area contributed by atoms with E-state index in [9.17, 15) is 9.90 Å². The minimum absolute atomic E-state index is 0.0911. The van der Waals surface area contributed by atoms with Crippen LogP contribution in [0.2, 0.25) is 0 Å². The molecule has 0 heterocycles. The Bertz CT molecular complexity index is 498. The average molecular weight is 292 g/mol. The number of urea groups is 1. The van der Waals surface area contributed by atoms with Crippen LogP contribution in [0, 0.1) is 12.3 Å². The Hall–Kier alpha value is -1.75. The van der Waals surface area contributed by atoms with Crippen LogP contribution in [0.1, 0.15) is 31.7 Å². The fourth-order valence-electron chi connectivity index (χ4n) is 2.07. The molecular weight excluding hydrogens is 268 g/mol. The second-order valence-corrected chi connectivity index (χ2v) is 5.81. The third kappa shape index (κ3) is 4.36. The van der Waals surface area contributed by atoms with E-state index in [0.29, 0.717) is 24.6 Å². The van der Waals surface area contributed by atoms with Crippen molar-refractivity contribution in [2.75, 3.05) is 25.1 Å². The molecule has 0 saturated heterocycles. The van der Waals surface area contributed by atoms with Crippen molar-refractivity contribution < 1.29 is 14.6 Å². The first-order chi connectivity index (χ1) is 10.1. The Labute approximate surface area is 125 Å². The molecular formula is C16H24N2O3. The molecule has 0 aliphatic heterocycles.